The molecule has 0 atom stereocenters. The van der Waals surface area contributed by atoms with Crippen LogP contribution in [0.3, 0.4) is 0 Å². The standard InChI is InChI=1S/C31H22N4/c1-21-15-16-23-13-8-14-27(28(23)32-21)22-17-19-26(20-18-22)31-34-29(24-9-4-2-5-10-24)33-30(35-31)25-11-6-3-7-12-25/h2-20H,1H3. The second-order valence-electron chi connectivity index (χ2n) is 8.45. The van der Waals surface area contributed by atoms with Gasteiger partial charge in [0.2, 0.25) is 0 Å². The summed E-state index contributed by atoms with van der Waals surface area (Å²) >= 11 is 0. The average Bonchev–Trinajstić information content (AvgIpc) is 2.93. The van der Waals surface area contributed by atoms with Gasteiger partial charge in [0.05, 0.1) is 5.52 Å². The molecule has 0 radical (unpaired) electrons. The quantitative estimate of drug-likeness (QED) is 0.281. The molecule has 0 unspecified atom stereocenters. The van der Waals surface area contributed by atoms with Crippen molar-refractivity contribution in [2.24, 2.45) is 0 Å². The normalized spacial score (nSPS) is 11.0. The van der Waals surface area contributed by atoms with Crippen LogP contribution in [-0.4, -0.2) is 19.9 Å². The zero-order valence-electron chi connectivity index (χ0n) is 19.3. The van der Waals surface area contributed by atoms with Crippen molar-refractivity contribution in [3.05, 3.63) is 121 Å². The van der Waals surface area contributed by atoms with E-state index >= 15 is 0 Å². The summed E-state index contributed by atoms with van der Waals surface area (Å²) in [5, 5.41) is 1.13. The van der Waals surface area contributed by atoms with E-state index in [1.807, 2.05) is 73.7 Å². The smallest absolute Gasteiger partial charge is 0.164 e. The largest absolute Gasteiger partial charge is 0.252 e. The number of hydrogen-bond donors (Lipinski definition) is 0. The maximum Gasteiger partial charge on any atom is 0.164 e. The van der Waals surface area contributed by atoms with Crippen LogP contribution in [-0.2, 0) is 0 Å². The van der Waals surface area contributed by atoms with Crippen LogP contribution >= 0.6 is 0 Å². The number of hydrogen-bond acceptors (Lipinski definition) is 4. The molecule has 0 bridgehead atoms. The Hall–Kier alpha value is -4.70. The Bertz CT molecular complexity index is 1570. The second-order valence-corrected chi connectivity index (χ2v) is 8.45. The van der Waals surface area contributed by atoms with E-state index in [0.29, 0.717) is 17.5 Å². The maximum atomic E-state index is 4.83. The fraction of sp³-hybridized carbons (Fsp3) is 0.0323. The van der Waals surface area contributed by atoms with Crippen LogP contribution in [0.5, 0.6) is 0 Å². The molecule has 4 nitrogen and oxygen atoms in total. The van der Waals surface area contributed by atoms with E-state index in [9.17, 15) is 0 Å². The molecule has 0 N–H and O–H groups in total. The molecule has 6 rings (SSSR count). The van der Waals surface area contributed by atoms with Crippen molar-refractivity contribution in [2.75, 3.05) is 0 Å². The third kappa shape index (κ3) is 4.18. The lowest BCUT2D eigenvalue weighted by Crippen LogP contribution is -2.00. The predicted molar refractivity (Wildman–Crippen MR) is 142 cm³/mol. The van der Waals surface area contributed by atoms with Crippen molar-refractivity contribution in [2.45, 2.75) is 6.92 Å². The van der Waals surface area contributed by atoms with Gasteiger partial charge in [-0.05, 0) is 18.6 Å². The summed E-state index contributed by atoms with van der Waals surface area (Å²) in [6.45, 7) is 2.02. The fourth-order valence-electron chi connectivity index (χ4n) is 4.21. The van der Waals surface area contributed by atoms with Gasteiger partial charge in [0.1, 0.15) is 0 Å². The second kappa shape index (κ2) is 8.92. The van der Waals surface area contributed by atoms with Gasteiger partial charge in [0.25, 0.3) is 0 Å². The Balaban J connectivity index is 1.45. The van der Waals surface area contributed by atoms with Gasteiger partial charge in [0, 0.05) is 33.3 Å². The van der Waals surface area contributed by atoms with Crippen molar-refractivity contribution in [1.82, 2.24) is 19.9 Å². The van der Waals surface area contributed by atoms with Crippen LogP contribution in [0.4, 0.5) is 0 Å². The molecule has 0 fully saturated rings. The maximum absolute atomic E-state index is 4.83. The minimum Gasteiger partial charge on any atom is -0.252 e. The van der Waals surface area contributed by atoms with Crippen LogP contribution in [0, 0.1) is 6.92 Å². The average molecular weight is 451 g/mol. The zero-order valence-corrected chi connectivity index (χ0v) is 19.3. The SMILES string of the molecule is Cc1ccc2cccc(-c3ccc(-c4nc(-c5ccccc5)nc(-c5ccccc5)n4)cc3)c2n1. The van der Waals surface area contributed by atoms with Gasteiger partial charge < -0.3 is 0 Å². The molecule has 4 heteroatoms. The lowest BCUT2D eigenvalue weighted by atomic mass is 10.0. The Labute approximate surface area is 204 Å². The lowest BCUT2D eigenvalue weighted by Gasteiger charge is -2.10. The number of benzene rings is 4. The van der Waals surface area contributed by atoms with Crippen LogP contribution in [0.2, 0.25) is 0 Å². The van der Waals surface area contributed by atoms with E-state index < -0.39 is 0 Å². The lowest BCUT2D eigenvalue weighted by molar-refractivity contribution is 1.07. The highest BCUT2D eigenvalue weighted by Gasteiger charge is 2.13. The van der Waals surface area contributed by atoms with Crippen LogP contribution in [0.25, 0.3) is 56.2 Å². The summed E-state index contributed by atoms with van der Waals surface area (Å²) in [6, 6.07) is 38.9. The summed E-state index contributed by atoms with van der Waals surface area (Å²) in [7, 11) is 0. The molecule has 166 valence electrons. The van der Waals surface area contributed by atoms with Crippen LogP contribution in [0.15, 0.2) is 115 Å². The van der Waals surface area contributed by atoms with Crippen molar-refractivity contribution in [3.8, 4) is 45.3 Å². The monoisotopic (exact) mass is 450 g/mol. The third-order valence-corrected chi connectivity index (χ3v) is 6.01. The van der Waals surface area contributed by atoms with Crippen molar-refractivity contribution in [1.29, 1.82) is 0 Å². The molecule has 0 saturated carbocycles. The molecular formula is C31H22N4. The Morgan fingerprint density at radius 2 is 0.914 bits per heavy atom. The topological polar surface area (TPSA) is 51.6 Å². The minimum absolute atomic E-state index is 0.649. The van der Waals surface area contributed by atoms with E-state index in [1.165, 1.54) is 0 Å². The molecule has 0 saturated heterocycles. The highest BCUT2D eigenvalue weighted by atomic mass is 15.0. The van der Waals surface area contributed by atoms with E-state index in [0.717, 1.165) is 44.4 Å². The van der Waals surface area contributed by atoms with Gasteiger partial charge in [-0.15, -0.1) is 0 Å². The first-order valence-corrected chi connectivity index (χ1v) is 11.6. The molecule has 0 spiro atoms. The van der Waals surface area contributed by atoms with Gasteiger partial charge in [-0.3, -0.25) is 4.98 Å². The highest BCUT2D eigenvalue weighted by Crippen LogP contribution is 2.30. The van der Waals surface area contributed by atoms with Gasteiger partial charge in [-0.1, -0.05) is 109 Å². The Morgan fingerprint density at radius 3 is 1.49 bits per heavy atom. The Kier molecular flexibility index (Phi) is 5.32. The van der Waals surface area contributed by atoms with Crippen LogP contribution in [0.1, 0.15) is 5.69 Å². The molecular weight excluding hydrogens is 428 g/mol. The number of rotatable bonds is 4. The summed E-state index contributed by atoms with van der Waals surface area (Å²) in [6.07, 6.45) is 0. The summed E-state index contributed by atoms with van der Waals surface area (Å²) in [4.78, 5) is 19.2. The first kappa shape index (κ1) is 20.9. The molecule has 2 heterocycles. The van der Waals surface area contributed by atoms with Crippen LogP contribution < -0.4 is 0 Å². The number of nitrogens with zero attached hydrogens (tertiary/aromatic N) is 4. The van der Waals surface area contributed by atoms with Gasteiger partial charge in [0.15, 0.2) is 17.5 Å². The fourth-order valence-corrected chi connectivity index (χ4v) is 4.21. The summed E-state index contributed by atoms with van der Waals surface area (Å²) in [5.41, 5.74) is 7.10. The minimum atomic E-state index is 0.649. The zero-order chi connectivity index (χ0) is 23.6. The number of fused-ring (bicyclic) bond motifs is 1. The number of pyridine rings is 1. The number of aryl methyl sites for hydroxylation is 1. The van der Waals surface area contributed by atoms with Gasteiger partial charge >= 0.3 is 0 Å². The van der Waals surface area contributed by atoms with Crippen molar-refractivity contribution in [3.63, 3.8) is 0 Å². The molecule has 35 heavy (non-hydrogen) atoms. The number of aromatic nitrogens is 4. The van der Waals surface area contributed by atoms with E-state index in [4.69, 9.17) is 19.9 Å². The van der Waals surface area contributed by atoms with E-state index in [2.05, 4.69) is 48.5 Å². The predicted octanol–water partition coefficient (Wildman–Crippen LogP) is 7.40. The number of para-hydroxylation sites is 1. The third-order valence-electron chi connectivity index (χ3n) is 6.01. The molecule has 0 aliphatic rings. The van der Waals surface area contributed by atoms with Gasteiger partial charge in [-0.2, -0.15) is 0 Å². The van der Waals surface area contributed by atoms with E-state index in [1.54, 1.807) is 0 Å². The molecule has 0 aliphatic heterocycles. The van der Waals surface area contributed by atoms with Gasteiger partial charge in [-0.25, -0.2) is 15.0 Å². The molecule has 4 aromatic carbocycles. The highest BCUT2D eigenvalue weighted by molar-refractivity contribution is 5.94. The Morgan fingerprint density at radius 1 is 0.400 bits per heavy atom. The molecule has 6 aromatic rings. The molecule has 0 amide bonds. The summed E-state index contributed by atoms with van der Waals surface area (Å²) < 4.78 is 0. The summed E-state index contributed by atoms with van der Waals surface area (Å²) in [5.74, 6) is 1.97. The first-order chi connectivity index (χ1) is 17.2. The van der Waals surface area contributed by atoms with Crippen molar-refractivity contribution >= 4 is 10.9 Å². The molecule has 0 aliphatic carbocycles. The van der Waals surface area contributed by atoms with Crippen molar-refractivity contribution < 1.29 is 0 Å². The molecule has 2 aromatic heterocycles. The first-order valence-electron chi connectivity index (χ1n) is 11.6. The van der Waals surface area contributed by atoms with E-state index in [-0.39, 0.29) is 0 Å².